The highest BCUT2D eigenvalue weighted by Gasteiger charge is 2.51. The van der Waals surface area contributed by atoms with E-state index in [4.69, 9.17) is 0 Å². The topological polar surface area (TPSA) is 69.3 Å². The number of aromatic nitrogens is 2. The molecule has 8 heteroatoms. The van der Waals surface area contributed by atoms with Crippen LogP contribution in [0.4, 0.5) is 4.39 Å². The standard InChI is InChI=1S/C29H35FN4O2S/c1-28(2,3)22-8-12-25(13-9-22)37(35,36)34-15-14-23-16-26-21(18-31-32-26)17-29(23,19-34)27(33(4)5)20-6-10-24(30)11-7-20/h6-13,16,18,27H,14-15,17,19H2,1-5H3,(H,31,32)/t27-,29?/m0/s1. The lowest BCUT2D eigenvalue weighted by Crippen LogP contribution is -2.54. The Bertz CT molecular complexity index is 1420. The summed E-state index contributed by atoms with van der Waals surface area (Å²) in [6, 6.07) is 13.7. The molecule has 1 fully saturated rings. The van der Waals surface area contributed by atoms with E-state index in [-0.39, 0.29) is 17.3 Å². The summed E-state index contributed by atoms with van der Waals surface area (Å²) >= 11 is 0. The second-order valence-electron chi connectivity index (χ2n) is 11.6. The summed E-state index contributed by atoms with van der Waals surface area (Å²) in [5.41, 5.74) is 4.70. The van der Waals surface area contributed by atoms with Crippen molar-refractivity contribution in [1.82, 2.24) is 19.4 Å². The van der Waals surface area contributed by atoms with Crippen LogP contribution < -0.4 is 0 Å². The van der Waals surface area contributed by atoms with Crippen LogP contribution in [0, 0.1) is 11.2 Å². The molecule has 2 heterocycles. The molecule has 2 atom stereocenters. The molecule has 3 aromatic rings. The number of nitrogens with one attached hydrogen (secondary N) is 1. The van der Waals surface area contributed by atoms with Gasteiger partial charge in [0.25, 0.3) is 0 Å². The molecule has 0 saturated carbocycles. The number of rotatable bonds is 5. The van der Waals surface area contributed by atoms with E-state index >= 15 is 0 Å². The summed E-state index contributed by atoms with van der Waals surface area (Å²) in [6.45, 7) is 7.07. The fourth-order valence-corrected chi connectivity index (χ4v) is 7.58. The van der Waals surface area contributed by atoms with Crippen molar-refractivity contribution in [1.29, 1.82) is 0 Å². The lowest BCUT2D eigenvalue weighted by Gasteiger charge is -2.52. The van der Waals surface area contributed by atoms with Gasteiger partial charge in [-0.25, -0.2) is 12.8 Å². The van der Waals surface area contributed by atoms with E-state index in [2.05, 4.69) is 41.9 Å². The Labute approximate surface area is 219 Å². The molecule has 2 aliphatic rings. The van der Waals surface area contributed by atoms with Gasteiger partial charge in [0.2, 0.25) is 10.0 Å². The minimum atomic E-state index is -3.72. The maximum Gasteiger partial charge on any atom is 0.243 e. The van der Waals surface area contributed by atoms with Crippen molar-refractivity contribution in [3.63, 3.8) is 0 Å². The predicted octanol–water partition coefficient (Wildman–Crippen LogP) is 5.17. The summed E-state index contributed by atoms with van der Waals surface area (Å²) < 4.78 is 43.4. The summed E-state index contributed by atoms with van der Waals surface area (Å²) in [7, 11) is 0.287. The molecule has 0 bridgehead atoms. The van der Waals surface area contributed by atoms with Crippen LogP contribution in [0.5, 0.6) is 0 Å². The van der Waals surface area contributed by atoms with Crippen LogP contribution in [0.25, 0.3) is 6.08 Å². The number of H-pyrrole nitrogens is 1. The molecule has 1 unspecified atom stereocenters. The lowest BCUT2D eigenvalue weighted by molar-refractivity contribution is 0.0881. The molecule has 37 heavy (non-hydrogen) atoms. The zero-order valence-electron chi connectivity index (χ0n) is 22.1. The van der Waals surface area contributed by atoms with Gasteiger partial charge in [0, 0.05) is 24.5 Å². The van der Waals surface area contributed by atoms with Gasteiger partial charge in [0.1, 0.15) is 5.82 Å². The first-order valence-electron chi connectivity index (χ1n) is 12.7. The first-order valence-corrected chi connectivity index (χ1v) is 14.1. The number of hydrogen-bond acceptors (Lipinski definition) is 4. The van der Waals surface area contributed by atoms with Crippen molar-refractivity contribution < 1.29 is 12.8 Å². The van der Waals surface area contributed by atoms with E-state index in [1.807, 2.05) is 44.6 Å². The van der Waals surface area contributed by atoms with Crippen LogP contribution in [-0.4, -0.2) is 55.0 Å². The lowest BCUT2D eigenvalue weighted by atomic mass is 9.62. The molecule has 2 aromatic carbocycles. The largest absolute Gasteiger partial charge is 0.301 e. The third kappa shape index (κ3) is 4.56. The highest BCUT2D eigenvalue weighted by molar-refractivity contribution is 7.89. The average molecular weight is 523 g/mol. The van der Waals surface area contributed by atoms with Gasteiger partial charge in [-0.2, -0.15) is 9.40 Å². The minimum absolute atomic E-state index is 0.0599. The van der Waals surface area contributed by atoms with E-state index in [0.29, 0.717) is 30.8 Å². The van der Waals surface area contributed by atoms with Gasteiger partial charge in [0.05, 0.1) is 16.8 Å². The van der Waals surface area contributed by atoms with Crippen LogP contribution in [0.1, 0.15) is 55.6 Å². The number of aromatic amines is 1. The smallest absolute Gasteiger partial charge is 0.243 e. The summed E-state index contributed by atoms with van der Waals surface area (Å²) in [5, 5.41) is 7.35. The highest BCUT2D eigenvalue weighted by atomic mass is 32.2. The number of sulfonamides is 1. The maximum absolute atomic E-state index is 14.0. The van der Waals surface area contributed by atoms with Gasteiger partial charge in [-0.3, -0.25) is 5.10 Å². The molecule has 1 aliphatic heterocycles. The normalized spacial score (nSPS) is 21.3. The van der Waals surface area contributed by atoms with Crippen molar-refractivity contribution in [3.8, 4) is 0 Å². The molecule has 0 spiro atoms. The molecule has 196 valence electrons. The number of piperidine rings is 1. The third-order valence-electron chi connectivity index (χ3n) is 7.89. The second kappa shape index (κ2) is 9.19. The van der Waals surface area contributed by atoms with Crippen molar-refractivity contribution in [2.24, 2.45) is 5.41 Å². The van der Waals surface area contributed by atoms with Gasteiger partial charge < -0.3 is 4.90 Å². The van der Waals surface area contributed by atoms with Crippen LogP contribution in [0.15, 0.2) is 65.2 Å². The van der Waals surface area contributed by atoms with Crippen LogP contribution in [-0.2, 0) is 21.9 Å². The monoisotopic (exact) mass is 522 g/mol. The fourth-order valence-electron chi connectivity index (χ4n) is 6.07. The number of halogens is 1. The Morgan fingerprint density at radius 2 is 1.76 bits per heavy atom. The van der Waals surface area contributed by atoms with E-state index in [1.165, 1.54) is 17.7 Å². The molecule has 1 saturated heterocycles. The Morgan fingerprint density at radius 1 is 1.08 bits per heavy atom. The Balaban J connectivity index is 1.59. The molecule has 5 rings (SSSR count). The molecule has 0 radical (unpaired) electrons. The number of hydrogen-bond donors (Lipinski definition) is 1. The molecule has 1 N–H and O–H groups in total. The summed E-state index contributed by atoms with van der Waals surface area (Å²) in [4.78, 5) is 2.44. The van der Waals surface area contributed by atoms with E-state index in [1.54, 1.807) is 16.4 Å². The van der Waals surface area contributed by atoms with Gasteiger partial charge >= 0.3 is 0 Å². The molecule has 0 amide bonds. The number of nitrogens with zero attached hydrogens (tertiary/aromatic N) is 3. The fraction of sp³-hybridized carbons (Fsp3) is 0.414. The SMILES string of the molecule is CN(C)[C@@H](c1ccc(F)cc1)C12Cc3cn[nH]c3C=C1CCN(S(=O)(=O)c1ccc(C(C)(C)C)cc1)C2. The summed E-state index contributed by atoms with van der Waals surface area (Å²) in [6.07, 6.45) is 5.23. The molecular weight excluding hydrogens is 487 g/mol. The van der Waals surface area contributed by atoms with Gasteiger partial charge in [-0.1, -0.05) is 50.6 Å². The molecule has 1 aliphatic carbocycles. The zero-order valence-corrected chi connectivity index (χ0v) is 22.9. The zero-order chi connectivity index (χ0) is 26.6. The number of benzene rings is 2. The molecular formula is C29H35FN4O2S. The highest BCUT2D eigenvalue weighted by Crippen LogP contribution is 2.53. The van der Waals surface area contributed by atoms with E-state index in [9.17, 15) is 12.8 Å². The number of fused-ring (bicyclic) bond motifs is 2. The predicted molar refractivity (Wildman–Crippen MR) is 144 cm³/mol. The minimum Gasteiger partial charge on any atom is -0.301 e. The second-order valence-corrected chi connectivity index (χ2v) is 13.5. The molecule has 6 nitrogen and oxygen atoms in total. The Kier molecular flexibility index (Phi) is 6.41. The van der Waals surface area contributed by atoms with Crippen molar-refractivity contribution >= 4 is 16.1 Å². The van der Waals surface area contributed by atoms with Crippen LogP contribution in [0.3, 0.4) is 0 Å². The third-order valence-corrected chi connectivity index (χ3v) is 9.75. The van der Waals surface area contributed by atoms with Crippen molar-refractivity contribution in [3.05, 3.63) is 88.5 Å². The van der Waals surface area contributed by atoms with Gasteiger partial charge in [0.15, 0.2) is 0 Å². The Hall–Kier alpha value is -2.81. The first kappa shape index (κ1) is 25.8. The van der Waals surface area contributed by atoms with Gasteiger partial charge in [-0.15, -0.1) is 0 Å². The summed E-state index contributed by atoms with van der Waals surface area (Å²) in [5.74, 6) is -0.290. The van der Waals surface area contributed by atoms with Crippen LogP contribution in [0.2, 0.25) is 0 Å². The van der Waals surface area contributed by atoms with Crippen molar-refractivity contribution in [2.75, 3.05) is 27.2 Å². The van der Waals surface area contributed by atoms with E-state index in [0.717, 1.165) is 22.4 Å². The average Bonchev–Trinajstić information content (AvgIpc) is 3.29. The Morgan fingerprint density at radius 3 is 2.38 bits per heavy atom. The first-order chi connectivity index (χ1) is 17.4. The van der Waals surface area contributed by atoms with Crippen LogP contribution >= 0.6 is 0 Å². The van der Waals surface area contributed by atoms with E-state index < -0.39 is 15.4 Å². The maximum atomic E-state index is 14.0. The quantitative estimate of drug-likeness (QED) is 0.502. The molecule has 1 aromatic heterocycles. The van der Waals surface area contributed by atoms with Crippen molar-refractivity contribution in [2.45, 2.75) is 50.0 Å². The van der Waals surface area contributed by atoms with Gasteiger partial charge in [-0.05, 0) is 79.4 Å².